The second-order valence-corrected chi connectivity index (χ2v) is 5.09. The van der Waals surface area contributed by atoms with Gasteiger partial charge in [-0.2, -0.15) is 0 Å². The largest absolute Gasteiger partial charge is 0.508 e. The molecule has 0 spiro atoms. The van der Waals surface area contributed by atoms with Gasteiger partial charge in [-0.15, -0.1) is 10.2 Å². The topological polar surface area (TPSA) is 87.1 Å². The van der Waals surface area contributed by atoms with E-state index in [1.54, 1.807) is 12.1 Å². The van der Waals surface area contributed by atoms with Crippen LogP contribution in [0.25, 0.3) is 0 Å². The van der Waals surface area contributed by atoms with Crippen LogP contribution < -0.4 is 10.6 Å². The summed E-state index contributed by atoms with van der Waals surface area (Å²) in [4.78, 5) is 11.8. The zero-order valence-electron chi connectivity index (χ0n) is 11.1. The molecule has 0 atom stereocenters. The Morgan fingerprint density at radius 1 is 1.30 bits per heavy atom. The molecule has 1 aromatic carbocycles. The van der Waals surface area contributed by atoms with Crippen LogP contribution in [0.4, 0.5) is 5.13 Å². The number of aromatic nitrogens is 2. The fraction of sp³-hybridized carbons (Fsp3) is 0.308. The van der Waals surface area contributed by atoms with Gasteiger partial charge in [0.2, 0.25) is 10.1 Å². The van der Waals surface area contributed by atoms with Crippen molar-refractivity contribution in [2.45, 2.75) is 13.3 Å². The molecule has 0 saturated heterocycles. The highest BCUT2D eigenvalue weighted by molar-refractivity contribution is 7.17. The van der Waals surface area contributed by atoms with Crippen molar-refractivity contribution in [2.24, 2.45) is 0 Å². The van der Waals surface area contributed by atoms with Crippen LogP contribution in [0.2, 0.25) is 0 Å². The Labute approximate surface area is 120 Å². The first-order valence-electron chi connectivity index (χ1n) is 6.32. The Morgan fingerprint density at radius 3 is 2.75 bits per heavy atom. The zero-order valence-corrected chi connectivity index (χ0v) is 11.9. The van der Waals surface area contributed by atoms with Gasteiger partial charge in [-0.25, -0.2) is 0 Å². The highest BCUT2D eigenvalue weighted by atomic mass is 32.1. The third-order valence-corrected chi connectivity index (χ3v) is 3.46. The molecular formula is C13H16N4O2S. The Kier molecular flexibility index (Phi) is 4.89. The predicted octanol–water partition coefficient (Wildman–Crippen LogP) is 1.65. The van der Waals surface area contributed by atoms with E-state index in [1.165, 1.54) is 11.3 Å². The summed E-state index contributed by atoms with van der Waals surface area (Å²) in [5.41, 5.74) is 1.05. The minimum Gasteiger partial charge on any atom is -0.508 e. The standard InChI is InChI=1S/C13H16N4O2S/c1-2-14-13-17-16-12(20-13)11(19)15-8-7-9-3-5-10(18)6-4-9/h3-6,18H,2,7-8H2,1H3,(H,14,17)(H,15,19). The molecule has 0 aliphatic rings. The van der Waals surface area contributed by atoms with Gasteiger partial charge in [0.05, 0.1) is 0 Å². The molecule has 1 aromatic heterocycles. The number of rotatable bonds is 6. The second kappa shape index (κ2) is 6.85. The second-order valence-electron chi connectivity index (χ2n) is 4.12. The van der Waals surface area contributed by atoms with Crippen molar-refractivity contribution < 1.29 is 9.90 Å². The van der Waals surface area contributed by atoms with Crippen LogP contribution in [0.15, 0.2) is 24.3 Å². The Bertz CT molecular complexity index is 568. The lowest BCUT2D eigenvalue weighted by Crippen LogP contribution is -2.25. The van der Waals surface area contributed by atoms with Crippen LogP contribution >= 0.6 is 11.3 Å². The maximum absolute atomic E-state index is 11.8. The maximum atomic E-state index is 11.8. The van der Waals surface area contributed by atoms with Crippen LogP contribution in [-0.4, -0.2) is 34.3 Å². The number of carbonyl (C=O) groups excluding carboxylic acids is 1. The minimum atomic E-state index is -0.217. The van der Waals surface area contributed by atoms with Gasteiger partial charge in [0.15, 0.2) is 0 Å². The molecule has 7 heteroatoms. The number of carbonyl (C=O) groups is 1. The van der Waals surface area contributed by atoms with Crippen molar-refractivity contribution in [3.63, 3.8) is 0 Å². The van der Waals surface area contributed by atoms with E-state index < -0.39 is 0 Å². The average Bonchev–Trinajstić information content (AvgIpc) is 2.90. The molecular weight excluding hydrogens is 276 g/mol. The lowest BCUT2D eigenvalue weighted by molar-refractivity contribution is 0.0953. The summed E-state index contributed by atoms with van der Waals surface area (Å²) < 4.78 is 0. The summed E-state index contributed by atoms with van der Waals surface area (Å²) in [5, 5.41) is 23.7. The molecule has 2 rings (SSSR count). The fourth-order valence-electron chi connectivity index (χ4n) is 1.60. The van der Waals surface area contributed by atoms with Gasteiger partial charge in [-0.1, -0.05) is 23.5 Å². The lowest BCUT2D eigenvalue weighted by atomic mass is 10.1. The van der Waals surface area contributed by atoms with Crippen molar-refractivity contribution in [2.75, 3.05) is 18.4 Å². The third-order valence-electron chi connectivity index (χ3n) is 2.58. The van der Waals surface area contributed by atoms with Gasteiger partial charge >= 0.3 is 0 Å². The Morgan fingerprint density at radius 2 is 2.05 bits per heavy atom. The first kappa shape index (κ1) is 14.3. The molecule has 106 valence electrons. The van der Waals surface area contributed by atoms with Crippen LogP contribution in [0, 0.1) is 0 Å². The number of hydrogen-bond donors (Lipinski definition) is 3. The fourth-order valence-corrected chi connectivity index (χ4v) is 2.32. The van der Waals surface area contributed by atoms with Crippen LogP contribution in [-0.2, 0) is 6.42 Å². The minimum absolute atomic E-state index is 0.217. The van der Waals surface area contributed by atoms with Crippen LogP contribution in [0.5, 0.6) is 5.75 Å². The number of phenolic OH excluding ortho intramolecular Hbond substituents is 1. The average molecular weight is 292 g/mol. The Hall–Kier alpha value is -2.15. The number of phenols is 1. The van der Waals surface area contributed by atoms with Crippen LogP contribution in [0.3, 0.4) is 0 Å². The summed E-state index contributed by atoms with van der Waals surface area (Å²) in [5.74, 6) is 0.0213. The maximum Gasteiger partial charge on any atom is 0.282 e. The molecule has 1 heterocycles. The SMILES string of the molecule is CCNc1nnc(C(=O)NCCc2ccc(O)cc2)s1. The van der Waals surface area contributed by atoms with E-state index in [0.29, 0.717) is 23.1 Å². The molecule has 2 aromatic rings. The van der Waals surface area contributed by atoms with E-state index in [4.69, 9.17) is 0 Å². The normalized spacial score (nSPS) is 10.2. The molecule has 0 unspecified atom stereocenters. The quantitative estimate of drug-likeness (QED) is 0.753. The Balaban J connectivity index is 1.81. The van der Waals surface area contributed by atoms with Gasteiger partial charge in [-0.3, -0.25) is 4.79 Å². The highest BCUT2D eigenvalue weighted by Crippen LogP contribution is 2.14. The number of aromatic hydroxyl groups is 1. The molecule has 0 aliphatic heterocycles. The monoisotopic (exact) mass is 292 g/mol. The molecule has 0 saturated carbocycles. The van der Waals surface area contributed by atoms with Gasteiger partial charge in [-0.05, 0) is 31.0 Å². The number of benzene rings is 1. The summed E-state index contributed by atoms with van der Waals surface area (Å²) in [7, 11) is 0. The predicted molar refractivity (Wildman–Crippen MR) is 78.2 cm³/mol. The number of amides is 1. The summed E-state index contributed by atoms with van der Waals surface area (Å²) in [6.45, 7) is 3.22. The first-order chi connectivity index (χ1) is 9.69. The summed E-state index contributed by atoms with van der Waals surface area (Å²) in [6, 6.07) is 6.92. The first-order valence-corrected chi connectivity index (χ1v) is 7.14. The van der Waals surface area contributed by atoms with Gasteiger partial charge in [0.1, 0.15) is 5.75 Å². The molecule has 0 bridgehead atoms. The molecule has 0 aliphatic carbocycles. The highest BCUT2D eigenvalue weighted by Gasteiger charge is 2.11. The molecule has 6 nitrogen and oxygen atoms in total. The van der Waals surface area contributed by atoms with Gasteiger partial charge in [0, 0.05) is 13.1 Å². The van der Waals surface area contributed by atoms with E-state index in [0.717, 1.165) is 12.1 Å². The smallest absolute Gasteiger partial charge is 0.282 e. The number of hydrogen-bond acceptors (Lipinski definition) is 6. The lowest BCUT2D eigenvalue weighted by Gasteiger charge is -2.03. The van der Waals surface area contributed by atoms with Gasteiger partial charge < -0.3 is 15.7 Å². The van der Waals surface area contributed by atoms with Crippen molar-refractivity contribution >= 4 is 22.4 Å². The van der Waals surface area contributed by atoms with Crippen molar-refractivity contribution in [3.05, 3.63) is 34.8 Å². The third kappa shape index (κ3) is 3.92. The molecule has 1 amide bonds. The van der Waals surface area contributed by atoms with Crippen molar-refractivity contribution in [1.82, 2.24) is 15.5 Å². The van der Waals surface area contributed by atoms with Crippen LogP contribution in [0.1, 0.15) is 22.3 Å². The van der Waals surface area contributed by atoms with Crippen molar-refractivity contribution in [3.8, 4) is 5.75 Å². The molecule has 3 N–H and O–H groups in total. The molecule has 0 radical (unpaired) electrons. The molecule has 20 heavy (non-hydrogen) atoms. The summed E-state index contributed by atoms with van der Waals surface area (Å²) >= 11 is 1.24. The summed E-state index contributed by atoms with van der Waals surface area (Å²) in [6.07, 6.45) is 0.699. The van der Waals surface area contributed by atoms with E-state index in [2.05, 4.69) is 20.8 Å². The van der Waals surface area contributed by atoms with E-state index in [-0.39, 0.29) is 11.7 Å². The number of nitrogens with one attached hydrogen (secondary N) is 2. The van der Waals surface area contributed by atoms with E-state index in [1.807, 2.05) is 19.1 Å². The number of nitrogens with zero attached hydrogens (tertiary/aromatic N) is 2. The van der Waals surface area contributed by atoms with E-state index >= 15 is 0 Å². The van der Waals surface area contributed by atoms with Gasteiger partial charge in [0.25, 0.3) is 5.91 Å². The van der Waals surface area contributed by atoms with Crippen molar-refractivity contribution in [1.29, 1.82) is 0 Å². The zero-order chi connectivity index (χ0) is 14.4. The molecule has 0 fully saturated rings. The van der Waals surface area contributed by atoms with E-state index in [9.17, 15) is 9.90 Å². The number of anilines is 1.